The number of rotatable bonds is 6. The van der Waals surface area contributed by atoms with Crippen LogP contribution < -0.4 is 4.74 Å². The number of ether oxygens (including phenoxy) is 1. The molecule has 0 aliphatic carbocycles. The second kappa shape index (κ2) is 8.34. The first-order valence-corrected chi connectivity index (χ1v) is 10.3. The van der Waals surface area contributed by atoms with Gasteiger partial charge in [0.1, 0.15) is 34.5 Å². The summed E-state index contributed by atoms with van der Waals surface area (Å²) < 4.78 is 8.02. The van der Waals surface area contributed by atoms with Crippen molar-refractivity contribution >= 4 is 38.9 Å². The van der Waals surface area contributed by atoms with Gasteiger partial charge in [-0.15, -0.1) is 21.5 Å². The fraction of sp³-hybridized carbons (Fsp3) is 0.100. The minimum Gasteiger partial charge on any atom is -0.510 e. The molecule has 2 aromatic carbocycles. The predicted octanol–water partition coefficient (Wildman–Crippen LogP) is 4.47. The van der Waals surface area contributed by atoms with E-state index in [-0.39, 0.29) is 17.1 Å². The lowest BCUT2D eigenvalue weighted by Crippen LogP contribution is -1.98. The molecule has 2 aromatic heterocycles. The Morgan fingerprint density at radius 2 is 2.14 bits per heavy atom. The maximum Gasteiger partial charge on any atom is 0.196 e. The highest BCUT2D eigenvalue weighted by Gasteiger charge is 2.16. The monoisotopic (exact) mass is 421 g/mol. The second-order valence-electron chi connectivity index (χ2n) is 5.89. The fourth-order valence-electron chi connectivity index (χ4n) is 2.68. The fourth-order valence-corrected chi connectivity index (χ4v) is 4.47. The summed E-state index contributed by atoms with van der Waals surface area (Å²) >= 11 is 2.66. The Morgan fingerprint density at radius 1 is 1.28 bits per heavy atom. The molecule has 0 aliphatic rings. The van der Waals surface area contributed by atoms with Gasteiger partial charge in [0, 0.05) is 6.07 Å². The zero-order chi connectivity index (χ0) is 20.2. The second-order valence-corrected chi connectivity index (χ2v) is 7.87. The van der Waals surface area contributed by atoms with Crippen molar-refractivity contribution in [2.75, 3.05) is 12.9 Å². The highest BCUT2D eigenvalue weighted by molar-refractivity contribution is 7.99. The van der Waals surface area contributed by atoms with Gasteiger partial charge < -0.3 is 9.84 Å². The number of hydrogen-bond acceptors (Lipinski definition) is 8. The molecule has 2 heterocycles. The molecule has 144 valence electrons. The van der Waals surface area contributed by atoms with Crippen LogP contribution in [0, 0.1) is 11.3 Å². The third-order valence-electron chi connectivity index (χ3n) is 4.09. The summed E-state index contributed by atoms with van der Waals surface area (Å²) in [7, 11) is 1.61. The summed E-state index contributed by atoms with van der Waals surface area (Å²) in [6, 6.07) is 17.2. The van der Waals surface area contributed by atoms with Crippen LogP contribution in [0.4, 0.5) is 0 Å². The van der Waals surface area contributed by atoms with E-state index in [2.05, 4.69) is 21.3 Å². The molecule has 0 spiro atoms. The van der Waals surface area contributed by atoms with Gasteiger partial charge in [-0.05, 0) is 24.3 Å². The molecular formula is C20H15N5O2S2. The number of nitriles is 1. The van der Waals surface area contributed by atoms with E-state index < -0.39 is 0 Å². The van der Waals surface area contributed by atoms with E-state index in [0.717, 1.165) is 21.7 Å². The molecule has 0 radical (unpaired) electrons. The topological polar surface area (TPSA) is 96.9 Å². The van der Waals surface area contributed by atoms with Crippen molar-refractivity contribution in [1.82, 2.24) is 19.7 Å². The van der Waals surface area contributed by atoms with Crippen molar-refractivity contribution < 1.29 is 9.84 Å². The van der Waals surface area contributed by atoms with Crippen LogP contribution in [0.2, 0.25) is 0 Å². The van der Waals surface area contributed by atoms with Gasteiger partial charge in [0.05, 0.1) is 28.8 Å². The zero-order valence-electron chi connectivity index (χ0n) is 15.3. The highest BCUT2D eigenvalue weighted by Crippen LogP contribution is 2.30. The maximum atomic E-state index is 10.6. The average Bonchev–Trinajstić information content (AvgIpc) is 3.39. The van der Waals surface area contributed by atoms with E-state index >= 15 is 0 Å². The number of fused-ring (bicyclic) bond motifs is 1. The average molecular weight is 422 g/mol. The number of nitrogens with zero attached hydrogens (tertiary/aromatic N) is 5. The quantitative estimate of drug-likeness (QED) is 0.279. The van der Waals surface area contributed by atoms with Crippen molar-refractivity contribution in [3.05, 3.63) is 65.6 Å². The van der Waals surface area contributed by atoms with Gasteiger partial charge in [0.2, 0.25) is 0 Å². The van der Waals surface area contributed by atoms with Crippen molar-refractivity contribution in [3.63, 3.8) is 0 Å². The molecule has 0 fully saturated rings. The Labute approximate surface area is 174 Å². The summed E-state index contributed by atoms with van der Waals surface area (Å²) in [6.07, 6.45) is 1.59. The number of benzene rings is 2. The Hall–Kier alpha value is -3.35. The molecule has 0 amide bonds. The minimum absolute atomic E-state index is 0.0447. The molecule has 29 heavy (non-hydrogen) atoms. The van der Waals surface area contributed by atoms with Gasteiger partial charge in [0.15, 0.2) is 5.16 Å². The Bertz CT molecular complexity index is 1210. The van der Waals surface area contributed by atoms with Crippen molar-refractivity contribution in [2.45, 2.75) is 5.16 Å². The lowest BCUT2D eigenvalue weighted by molar-refractivity contribution is 0.414. The van der Waals surface area contributed by atoms with Crippen LogP contribution in [0.3, 0.4) is 0 Å². The standard InChI is InChI=1S/C20H15N5O2S2/c1-27-14-6-4-5-13(9-14)25-12-22-24-20(25)28-11-17(26)15(10-21)19-23-16-7-2-3-8-18(16)29-19/h2-9,12,26H,11H2,1H3/b17-15-. The molecule has 0 bridgehead atoms. The lowest BCUT2D eigenvalue weighted by Gasteiger charge is -2.08. The van der Waals surface area contributed by atoms with Crippen molar-refractivity contribution in [2.24, 2.45) is 0 Å². The van der Waals surface area contributed by atoms with Gasteiger partial charge in [-0.1, -0.05) is 30.0 Å². The molecule has 9 heteroatoms. The van der Waals surface area contributed by atoms with Crippen LogP contribution in [-0.2, 0) is 0 Å². The predicted molar refractivity (Wildman–Crippen MR) is 113 cm³/mol. The molecule has 0 saturated carbocycles. The zero-order valence-corrected chi connectivity index (χ0v) is 16.9. The van der Waals surface area contributed by atoms with Crippen LogP contribution in [0.1, 0.15) is 5.01 Å². The molecule has 7 nitrogen and oxygen atoms in total. The lowest BCUT2D eigenvalue weighted by atomic mass is 10.2. The molecule has 4 aromatic rings. The first-order chi connectivity index (χ1) is 14.2. The van der Waals surface area contributed by atoms with Crippen LogP contribution in [-0.4, -0.2) is 37.7 Å². The number of hydrogen-bond donors (Lipinski definition) is 1. The normalized spacial score (nSPS) is 11.9. The van der Waals surface area contributed by atoms with Crippen LogP contribution >= 0.6 is 23.1 Å². The van der Waals surface area contributed by atoms with E-state index in [4.69, 9.17) is 4.74 Å². The van der Waals surface area contributed by atoms with E-state index in [9.17, 15) is 10.4 Å². The third kappa shape index (κ3) is 3.94. The maximum absolute atomic E-state index is 10.6. The molecule has 1 N–H and O–H groups in total. The summed E-state index contributed by atoms with van der Waals surface area (Å²) in [6.45, 7) is 0. The highest BCUT2D eigenvalue weighted by atomic mass is 32.2. The van der Waals surface area contributed by atoms with E-state index in [0.29, 0.717) is 10.2 Å². The molecule has 0 unspecified atom stereocenters. The number of thioether (sulfide) groups is 1. The summed E-state index contributed by atoms with van der Waals surface area (Å²) in [4.78, 5) is 4.46. The Balaban J connectivity index is 1.58. The number of aliphatic hydroxyl groups is 1. The van der Waals surface area contributed by atoms with Crippen LogP contribution in [0.25, 0.3) is 21.5 Å². The van der Waals surface area contributed by atoms with Crippen molar-refractivity contribution in [3.8, 4) is 17.5 Å². The number of para-hydroxylation sites is 1. The van der Waals surface area contributed by atoms with Gasteiger partial charge in [0.25, 0.3) is 0 Å². The van der Waals surface area contributed by atoms with E-state index in [1.54, 1.807) is 18.0 Å². The first kappa shape index (κ1) is 19.0. The third-order valence-corrected chi connectivity index (χ3v) is 6.10. The largest absolute Gasteiger partial charge is 0.510 e. The molecule has 0 atom stereocenters. The van der Waals surface area contributed by atoms with Gasteiger partial charge >= 0.3 is 0 Å². The molecule has 4 rings (SSSR count). The Kier molecular flexibility index (Phi) is 5.46. The molecular weight excluding hydrogens is 406 g/mol. The number of methoxy groups -OCH3 is 1. The summed E-state index contributed by atoms with van der Waals surface area (Å²) in [5.41, 5.74) is 1.82. The smallest absolute Gasteiger partial charge is 0.196 e. The van der Waals surface area contributed by atoms with Gasteiger partial charge in [-0.2, -0.15) is 5.26 Å². The number of allylic oxidation sites excluding steroid dienone is 1. The van der Waals surface area contributed by atoms with Gasteiger partial charge in [-0.25, -0.2) is 4.98 Å². The molecule has 0 saturated heterocycles. The van der Waals surface area contributed by atoms with E-state index in [1.807, 2.05) is 48.5 Å². The number of aliphatic hydroxyl groups excluding tert-OH is 1. The summed E-state index contributed by atoms with van der Waals surface area (Å²) in [5.74, 6) is 0.843. The van der Waals surface area contributed by atoms with E-state index in [1.165, 1.54) is 23.1 Å². The van der Waals surface area contributed by atoms with Crippen LogP contribution in [0.5, 0.6) is 5.75 Å². The SMILES string of the molecule is COc1cccc(-n2cnnc2SC/C(O)=C(\C#N)c2nc3ccccc3s2)c1. The first-order valence-electron chi connectivity index (χ1n) is 8.55. The summed E-state index contributed by atoms with van der Waals surface area (Å²) in [5, 5.41) is 29.3. The number of aromatic nitrogens is 4. The minimum atomic E-state index is -0.0447. The van der Waals surface area contributed by atoms with Crippen LogP contribution in [0.15, 0.2) is 65.8 Å². The number of thiazole rings is 1. The Morgan fingerprint density at radius 3 is 2.93 bits per heavy atom. The molecule has 0 aliphatic heterocycles. The van der Waals surface area contributed by atoms with Gasteiger partial charge in [-0.3, -0.25) is 4.57 Å². The van der Waals surface area contributed by atoms with Crippen molar-refractivity contribution in [1.29, 1.82) is 5.26 Å².